The van der Waals surface area contributed by atoms with Crippen molar-refractivity contribution in [1.82, 2.24) is 4.98 Å². The molecular weight excluding hydrogens is 598 g/mol. The van der Waals surface area contributed by atoms with E-state index in [2.05, 4.69) is 11.6 Å². The Kier molecular flexibility index (Phi) is 11.3. The number of rotatable bonds is 6. The Hall–Kier alpha value is -4.35. The Morgan fingerprint density at radius 2 is 1.54 bits per heavy atom. The van der Waals surface area contributed by atoms with Crippen LogP contribution in [-0.2, 0) is 47.7 Å². The summed E-state index contributed by atoms with van der Waals surface area (Å²) in [4.78, 5) is 81.8. The second kappa shape index (κ2) is 14.4. The molecule has 250 valence electrons. The molecule has 0 spiro atoms. The minimum Gasteiger partial charge on any atom is -0.462 e. The fraction of sp³-hybridized carbons (Fsp3) is 0.559. The van der Waals surface area contributed by atoms with Gasteiger partial charge in [0.1, 0.15) is 24.4 Å². The number of ketones is 1. The maximum absolute atomic E-state index is 14.5. The van der Waals surface area contributed by atoms with Crippen LogP contribution in [0.2, 0.25) is 0 Å². The minimum atomic E-state index is -1.92. The van der Waals surface area contributed by atoms with Gasteiger partial charge in [0.05, 0.1) is 11.5 Å². The fourth-order valence-electron chi connectivity index (χ4n) is 6.40. The van der Waals surface area contributed by atoms with E-state index in [1.54, 1.807) is 52.0 Å². The number of pyridine rings is 1. The lowest BCUT2D eigenvalue weighted by molar-refractivity contribution is -0.185. The smallest absolute Gasteiger partial charge is 0.340 e. The average Bonchev–Trinajstić information content (AvgIpc) is 3.22. The molecule has 8 atom stereocenters. The molecule has 0 aromatic carbocycles. The van der Waals surface area contributed by atoms with Crippen molar-refractivity contribution in [3.05, 3.63) is 54.4 Å². The molecule has 0 aliphatic heterocycles. The van der Waals surface area contributed by atoms with E-state index < -0.39 is 88.8 Å². The number of carbonyl (C=O) groups excluding carboxylic acids is 6. The van der Waals surface area contributed by atoms with Crippen molar-refractivity contribution < 1.29 is 52.5 Å². The molecule has 12 nitrogen and oxygen atoms in total. The SMILES string of the molecule is C=C1[C@H](OC(C)=O)C[C@@H](OC(=O)c2cccnc2)C(C)(C)/C=C\[C@@H](C)C(=O)[C@@]2(OC(C)=O)C[C@H](C)[C@H](OC(C)=O)[C@@H]2[C@H]1OC(C)=O. The summed E-state index contributed by atoms with van der Waals surface area (Å²) in [6.07, 6.45) is 1.28. The Morgan fingerprint density at radius 3 is 2.09 bits per heavy atom. The molecule has 0 radical (unpaired) electrons. The molecule has 1 aromatic rings. The average molecular weight is 642 g/mol. The molecule has 12 heteroatoms. The predicted molar refractivity (Wildman–Crippen MR) is 163 cm³/mol. The van der Waals surface area contributed by atoms with Crippen LogP contribution in [0.1, 0.15) is 78.6 Å². The van der Waals surface area contributed by atoms with Gasteiger partial charge >= 0.3 is 29.8 Å². The van der Waals surface area contributed by atoms with Gasteiger partial charge in [-0.1, -0.05) is 46.4 Å². The van der Waals surface area contributed by atoms with Gasteiger partial charge in [-0.25, -0.2) is 4.79 Å². The Balaban J connectivity index is 2.31. The normalized spacial score (nSPS) is 31.6. The van der Waals surface area contributed by atoms with E-state index in [-0.39, 0.29) is 24.0 Å². The number of nitrogens with zero attached hydrogens (tertiary/aromatic N) is 1. The summed E-state index contributed by atoms with van der Waals surface area (Å²) in [5.74, 6) is -6.82. The topological polar surface area (TPSA) is 161 Å². The highest BCUT2D eigenvalue weighted by Crippen LogP contribution is 2.51. The maximum atomic E-state index is 14.5. The van der Waals surface area contributed by atoms with Gasteiger partial charge in [-0.2, -0.15) is 0 Å². The molecular formula is C34H43NO11. The van der Waals surface area contributed by atoms with Gasteiger partial charge < -0.3 is 23.7 Å². The summed E-state index contributed by atoms with van der Waals surface area (Å²) in [6.45, 7) is 15.8. The first-order valence-corrected chi connectivity index (χ1v) is 15.1. The predicted octanol–water partition coefficient (Wildman–Crippen LogP) is 4.11. The Bertz CT molecular complexity index is 1400. The molecule has 0 bridgehead atoms. The molecule has 3 rings (SSSR count). The number of carbonyl (C=O) groups is 6. The zero-order valence-corrected chi connectivity index (χ0v) is 27.6. The molecule has 0 amide bonds. The number of aromatic nitrogens is 1. The number of allylic oxidation sites excluding steroid dienone is 1. The van der Waals surface area contributed by atoms with Crippen LogP contribution < -0.4 is 0 Å². The number of esters is 5. The molecule has 1 aromatic heterocycles. The third kappa shape index (κ3) is 8.07. The van der Waals surface area contributed by atoms with Crippen LogP contribution in [0.5, 0.6) is 0 Å². The van der Waals surface area contributed by atoms with Crippen molar-refractivity contribution in [1.29, 1.82) is 0 Å². The van der Waals surface area contributed by atoms with Crippen molar-refractivity contribution in [3.63, 3.8) is 0 Å². The van der Waals surface area contributed by atoms with E-state index in [0.29, 0.717) is 0 Å². The molecule has 2 aliphatic carbocycles. The van der Waals surface area contributed by atoms with Gasteiger partial charge in [0.15, 0.2) is 11.4 Å². The van der Waals surface area contributed by atoms with Crippen molar-refractivity contribution in [2.45, 2.75) is 98.2 Å². The maximum Gasteiger partial charge on any atom is 0.340 e. The Morgan fingerprint density at radius 1 is 0.913 bits per heavy atom. The van der Waals surface area contributed by atoms with Gasteiger partial charge in [0.25, 0.3) is 0 Å². The second-order valence-electron chi connectivity index (χ2n) is 12.7. The highest BCUT2D eigenvalue weighted by atomic mass is 16.6. The number of hydrogen-bond donors (Lipinski definition) is 0. The zero-order chi connectivity index (χ0) is 34.6. The van der Waals surface area contributed by atoms with Gasteiger partial charge in [-0.3, -0.25) is 29.0 Å². The molecule has 0 N–H and O–H groups in total. The van der Waals surface area contributed by atoms with Crippen LogP contribution in [0.15, 0.2) is 48.8 Å². The molecule has 46 heavy (non-hydrogen) atoms. The first kappa shape index (κ1) is 36.1. The van der Waals surface area contributed by atoms with E-state index in [1.807, 2.05) is 0 Å². The third-order valence-corrected chi connectivity index (χ3v) is 8.46. The summed E-state index contributed by atoms with van der Waals surface area (Å²) in [6, 6.07) is 3.12. The lowest BCUT2D eigenvalue weighted by Gasteiger charge is -2.42. The van der Waals surface area contributed by atoms with Crippen LogP contribution in [0.25, 0.3) is 0 Å². The fourth-order valence-corrected chi connectivity index (χ4v) is 6.40. The summed E-state index contributed by atoms with van der Waals surface area (Å²) in [7, 11) is 0. The van der Waals surface area contributed by atoms with Gasteiger partial charge in [-0.15, -0.1) is 0 Å². The molecule has 1 heterocycles. The summed E-state index contributed by atoms with van der Waals surface area (Å²) >= 11 is 0. The van der Waals surface area contributed by atoms with Gasteiger partial charge in [0.2, 0.25) is 0 Å². The summed E-state index contributed by atoms with van der Waals surface area (Å²) in [5, 5.41) is 0. The van der Waals surface area contributed by atoms with Crippen LogP contribution in [0.4, 0.5) is 0 Å². The first-order chi connectivity index (χ1) is 21.4. The van der Waals surface area contributed by atoms with E-state index in [4.69, 9.17) is 23.7 Å². The van der Waals surface area contributed by atoms with Crippen LogP contribution in [-0.4, -0.2) is 70.6 Å². The van der Waals surface area contributed by atoms with Gasteiger partial charge in [0, 0.05) is 69.8 Å². The molecule has 1 fully saturated rings. The quantitative estimate of drug-likeness (QED) is 0.249. The van der Waals surface area contributed by atoms with Crippen molar-refractivity contribution in [2.75, 3.05) is 0 Å². The highest BCUT2D eigenvalue weighted by Gasteiger charge is 2.65. The van der Waals surface area contributed by atoms with E-state index in [0.717, 1.165) is 13.8 Å². The largest absolute Gasteiger partial charge is 0.462 e. The number of fused-ring (bicyclic) bond motifs is 1. The van der Waals surface area contributed by atoms with Crippen molar-refractivity contribution in [2.24, 2.45) is 23.2 Å². The minimum absolute atomic E-state index is 0.0152. The highest BCUT2D eigenvalue weighted by molar-refractivity contribution is 5.93. The lowest BCUT2D eigenvalue weighted by atomic mass is 9.72. The summed E-state index contributed by atoms with van der Waals surface area (Å²) < 4.78 is 29.2. The number of ether oxygens (including phenoxy) is 5. The number of Topliss-reactive ketones (excluding diaryl/α,β-unsaturated/α-hetero) is 1. The first-order valence-electron chi connectivity index (χ1n) is 15.1. The van der Waals surface area contributed by atoms with E-state index in [9.17, 15) is 28.8 Å². The zero-order valence-electron chi connectivity index (χ0n) is 27.6. The molecule has 0 saturated heterocycles. The van der Waals surface area contributed by atoms with Crippen LogP contribution >= 0.6 is 0 Å². The Labute approximate surface area is 268 Å². The lowest BCUT2D eigenvalue weighted by Crippen LogP contribution is -2.57. The molecule has 2 aliphatic rings. The second-order valence-corrected chi connectivity index (χ2v) is 12.7. The molecule has 0 unspecified atom stereocenters. The number of hydrogen-bond acceptors (Lipinski definition) is 12. The van der Waals surface area contributed by atoms with E-state index >= 15 is 0 Å². The van der Waals surface area contributed by atoms with Crippen LogP contribution in [0, 0.1) is 23.2 Å². The standard InChI is InChI=1S/C34H43NO11/c1-18-12-13-33(8,9)27(45-32(41)25-11-10-14-35-17-25)15-26(42-21(4)36)20(3)30(44-23(6)38)28-29(43-22(5)37)19(2)16-34(28,31(18)40)46-24(7)39/h10-14,17-19,26-30H,3,15-16H2,1-2,4-9H3/b13-12-/t18-,19+,26-,27-,28-,29+,30+,34-/m1/s1. The molecule has 1 saturated carbocycles. The van der Waals surface area contributed by atoms with Crippen LogP contribution in [0.3, 0.4) is 0 Å². The van der Waals surface area contributed by atoms with Crippen molar-refractivity contribution >= 4 is 35.6 Å². The summed E-state index contributed by atoms with van der Waals surface area (Å²) in [5.41, 5.74) is -2.68. The van der Waals surface area contributed by atoms with Gasteiger partial charge in [-0.05, 0) is 18.1 Å². The third-order valence-electron chi connectivity index (χ3n) is 8.46. The monoisotopic (exact) mass is 641 g/mol. The van der Waals surface area contributed by atoms with E-state index in [1.165, 1.54) is 26.2 Å². The van der Waals surface area contributed by atoms with Crippen molar-refractivity contribution in [3.8, 4) is 0 Å².